The van der Waals surface area contributed by atoms with Crippen LogP contribution in [0.3, 0.4) is 0 Å². The van der Waals surface area contributed by atoms with E-state index in [1.807, 2.05) is 24.3 Å². The Morgan fingerprint density at radius 1 is 0.641 bits per heavy atom. The van der Waals surface area contributed by atoms with Crippen LogP contribution in [0.4, 0.5) is 0 Å². The van der Waals surface area contributed by atoms with Crippen LogP contribution in [-0.2, 0) is 17.6 Å². The van der Waals surface area contributed by atoms with Crippen molar-refractivity contribution in [1.29, 1.82) is 0 Å². The maximum atomic E-state index is 11.4. The number of rotatable bonds is 16. The molecule has 1 aliphatic rings. The molecule has 0 atom stereocenters. The molecule has 0 N–H and O–H groups in total. The normalized spacial score (nSPS) is 12.5. The van der Waals surface area contributed by atoms with E-state index in [0.717, 1.165) is 31.4 Å². The van der Waals surface area contributed by atoms with E-state index < -0.39 is 0 Å². The smallest absolute Gasteiger partial charge is 0.872 e. The summed E-state index contributed by atoms with van der Waals surface area (Å²) in [6.45, 7) is 9.59. The van der Waals surface area contributed by atoms with Crippen LogP contribution in [0.15, 0.2) is 48.5 Å². The topological polar surface area (TPSA) is 58.6 Å². The summed E-state index contributed by atoms with van der Waals surface area (Å²) in [7, 11) is 0. The number of unbranched alkanes of at least 4 members (excludes halogenated alkanes) is 12. The molecule has 0 amide bonds. The van der Waals surface area contributed by atoms with Gasteiger partial charge in [-0.3, -0.25) is 0 Å². The standard InChI is InChI=1S/2C15H24O.C4H8O.2Na/c1-2-3-4-5-6-7-8-11-14-12-9-10-13-15(14)16;1-2-3-4-5-6-7-8-10-14-11-9-12-15(16)13-14;1-4(2)3-5-4;;/h9-10,12-13,16H,2-8,11H2,1H3;9,11-13,16H,2-8,10H2,1H3;3H2,1-2H3;;/q;;;2*+1/p-2. The summed E-state index contributed by atoms with van der Waals surface area (Å²) in [6.07, 6.45) is 20.5. The van der Waals surface area contributed by atoms with Crippen molar-refractivity contribution < 1.29 is 74.1 Å². The van der Waals surface area contributed by atoms with Crippen LogP contribution in [0, 0.1) is 0 Å². The Bertz CT molecular complexity index is 805. The first-order chi connectivity index (χ1) is 17.9. The van der Waals surface area contributed by atoms with Crippen molar-refractivity contribution in [2.45, 2.75) is 136 Å². The molecule has 2 aromatic rings. The summed E-state index contributed by atoms with van der Waals surface area (Å²) in [5.74, 6) is 0.342. The van der Waals surface area contributed by atoms with E-state index in [1.54, 1.807) is 18.2 Å². The third kappa shape index (κ3) is 25.4. The monoisotopic (exact) mass is 556 g/mol. The van der Waals surface area contributed by atoms with E-state index in [9.17, 15) is 10.2 Å². The van der Waals surface area contributed by atoms with Gasteiger partial charge in [-0.15, -0.1) is 11.5 Å². The van der Waals surface area contributed by atoms with Crippen LogP contribution in [0.2, 0.25) is 0 Å². The molecule has 0 saturated carbocycles. The van der Waals surface area contributed by atoms with Crippen molar-refractivity contribution in [3.05, 3.63) is 59.7 Å². The molecule has 39 heavy (non-hydrogen) atoms. The zero-order chi connectivity index (χ0) is 27.2. The van der Waals surface area contributed by atoms with E-state index in [1.165, 1.54) is 89.0 Å². The second-order valence-corrected chi connectivity index (χ2v) is 11.0. The quantitative estimate of drug-likeness (QED) is 0.182. The molecule has 0 spiro atoms. The van der Waals surface area contributed by atoms with Crippen molar-refractivity contribution in [1.82, 2.24) is 0 Å². The first kappa shape index (κ1) is 41.1. The van der Waals surface area contributed by atoms with Gasteiger partial charge >= 0.3 is 59.1 Å². The molecule has 1 heterocycles. The van der Waals surface area contributed by atoms with Gasteiger partial charge in [-0.2, -0.15) is 0 Å². The van der Waals surface area contributed by atoms with Crippen LogP contribution >= 0.6 is 0 Å². The average Bonchev–Trinajstić information content (AvgIpc) is 3.59. The van der Waals surface area contributed by atoms with Gasteiger partial charge in [0, 0.05) is 0 Å². The number of aryl methyl sites for hydroxylation is 2. The Labute approximate surface area is 285 Å². The molecule has 0 radical (unpaired) electrons. The summed E-state index contributed by atoms with van der Waals surface area (Å²) in [6, 6.07) is 14.7. The number of epoxide rings is 1. The van der Waals surface area contributed by atoms with E-state index >= 15 is 0 Å². The Morgan fingerprint density at radius 3 is 1.56 bits per heavy atom. The Kier molecular flexibility index (Phi) is 28.3. The molecule has 1 aliphatic heterocycles. The second-order valence-electron chi connectivity index (χ2n) is 11.0. The minimum atomic E-state index is 0. The fraction of sp³-hybridized carbons (Fsp3) is 0.647. The van der Waals surface area contributed by atoms with Gasteiger partial charge in [-0.05, 0) is 45.1 Å². The van der Waals surface area contributed by atoms with Crippen molar-refractivity contribution >= 4 is 0 Å². The summed E-state index contributed by atoms with van der Waals surface area (Å²) in [5.41, 5.74) is 2.43. The predicted molar refractivity (Wildman–Crippen MR) is 155 cm³/mol. The molecule has 2 aromatic carbocycles. The van der Waals surface area contributed by atoms with Gasteiger partial charge in [0.25, 0.3) is 0 Å². The molecule has 1 fully saturated rings. The maximum Gasteiger partial charge on any atom is 1.00 e. The second kappa shape index (κ2) is 26.9. The zero-order valence-corrected chi connectivity index (χ0v) is 30.4. The molecule has 3 nitrogen and oxygen atoms in total. The Morgan fingerprint density at radius 2 is 1.10 bits per heavy atom. The van der Waals surface area contributed by atoms with Crippen molar-refractivity contribution in [2.75, 3.05) is 6.61 Å². The van der Waals surface area contributed by atoms with Gasteiger partial charge in [-0.1, -0.05) is 145 Å². The average molecular weight is 557 g/mol. The van der Waals surface area contributed by atoms with Crippen LogP contribution in [0.1, 0.15) is 129 Å². The van der Waals surface area contributed by atoms with E-state index in [0.29, 0.717) is 0 Å². The van der Waals surface area contributed by atoms with E-state index in [2.05, 4.69) is 33.8 Å². The predicted octanol–water partition coefficient (Wildman–Crippen LogP) is 2.91. The molecular formula is C34H54Na2O3. The molecule has 0 bridgehead atoms. The van der Waals surface area contributed by atoms with Gasteiger partial charge in [-0.25, -0.2) is 0 Å². The van der Waals surface area contributed by atoms with E-state index in [4.69, 9.17) is 4.74 Å². The zero-order valence-electron chi connectivity index (χ0n) is 26.4. The minimum absolute atomic E-state index is 0. The summed E-state index contributed by atoms with van der Waals surface area (Å²) in [5, 5.41) is 22.5. The van der Waals surface area contributed by atoms with Gasteiger partial charge < -0.3 is 14.9 Å². The molecular weight excluding hydrogens is 502 g/mol. The molecule has 3 rings (SSSR count). The third-order valence-corrected chi connectivity index (χ3v) is 6.71. The minimum Gasteiger partial charge on any atom is -0.872 e. The van der Waals surface area contributed by atoms with Crippen LogP contribution in [-0.4, -0.2) is 12.2 Å². The first-order valence-corrected chi connectivity index (χ1v) is 15.0. The van der Waals surface area contributed by atoms with Crippen LogP contribution in [0.5, 0.6) is 11.5 Å². The number of hydrogen-bond acceptors (Lipinski definition) is 3. The van der Waals surface area contributed by atoms with Crippen molar-refractivity contribution in [2.24, 2.45) is 0 Å². The maximum absolute atomic E-state index is 11.4. The van der Waals surface area contributed by atoms with E-state index in [-0.39, 0.29) is 76.2 Å². The fourth-order valence-corrected chi connectivity index (χ4v) is 4.11. The summed E-state index contributed by atoms with van der Waals surface area (Å²) < 4.78 is 4.90. The molecule has 5 heteroatoms. The molecule has 0 aromatic heterocycles. The van der Waals surface area contributed by atoms with Crippen LogP contribution < -0.4 is 69.3 Å². The summed E-state index contributed by atoms with van der Waals surface area (Å²) in [4.78, 5) is 0. The van der Waals surface area contributed by atoms with Gasteiger partial charge in [0.15, 0.2) is 0 Å². The summed E-state index contributed by atoms with van der Waals surface area (Å²) >= 11 is 0. The number of hydrogen-bond donors (Lipinski definition) is 0. The molecule has 210 valence electrons. The Hall–Kier alpha value is 0.000000000000000666. The van der Waals surface area contributed by atoms with Gasteiger partial charge in [0.05, 0.1) is 12.2 Å². The van der Waals surface area contributed by atoms with Crippen molar-refractivity contribution in [3.8, 4) is 11.5 Å². The van der Waals surface area contributed by atoms with Crippen molar-refractivity contribution in [3.63, 3.8) is 0 Å². The third-order valence-electron chi connectivity index (χ3n) is 6.71. The largest absolute Gasteiger partial charge is 1.00 e. The fourth-order valence-electron chi connectivity index (χ4n) is 4.11. The van der Waals surface area contributed by atoms with Gasteiger partial charge in [0.2, 0.25) is 0 Å². The Balaban J connectivity index is 0. The molecule has 1 saturated heterocycles. The number of benzene rings is 2. The number of ether oxygens (including phenoxy) is 1. The SMILES string of the molecule is CC1(C)CO1.CCCCCCCCCc1cccc([O-])c1.CCCCCCCCCc1ccccc1[O-].[Na+].[Na+]. The molecule has 0 aliphatic carbocycles. The molecule has 0 unspecified atom stereocenters. The van der Waals surface area contributed by atoms with Crippen LogP contribution in [0.25, 0.3) is 0 Å². The van der Waals surface area contributed by atoms with Gasteiger partial charge in [0.1, 0.15) is 0 Å². The first-order valence-electron chi connectivity index (χ1n) is 15.0. The number of para-hydroxylation sites is 1.